The molecule has 1 saturated carbocycles. The van der Waals surface area contributed by atoms with Gasteiger partial charge >= 0.3 is 0 Å². The summed E-state index contributed by atoms with van der Waals surface area (Å²) in [6.07, 6.45) is 4.60. The van der Waals surface area contributed by atoms with Gasteiger partial charge in [0.2, 0.25) is 0 Å². The Hall–Kier alpha value is -1.71. The molecule has 1 aromatic carbocycles. The third-order valence-electron chi connectivity index (χ3n) is 4.56. The highest BCUT2D eigenvalue weighted by molar-refractivity contribution is 5.95. The van der Waals surface area contributed by atoms with E-state index >= 15 is 0 Å². The van der Waals surface area contributed by atoms with Gasteiger partial charge in [0.1, 0.15) is 0 Å². The molecular weight excluding hydrogens is 278 g/mol. The highest BCUT2D eigenvalue weighted by Gasteiger charge is 2.25. The zero-order chi connectivity index (χ0) is 16.1. The van der Waals surface area contributed by atoms with Crippen LogP contribution >= 0.6 is 0 Å². The summed E-state index contributed by atoms with van der Waals surface area (Å²) in [5, 5.41) is 0. The number of ether oxygens (including phenoxy) is 2. The van der Waals surface area contributed by atoms with Gasteiger partial charge in [0, 0.05) is 18.7 Å². The van der Waals surface area contributed by atoms with Crippen molar-refractivity contribution in [2.24, 2.45) is 5.92 Å². The number of methoxy groups -OCH3 is 1. The van der Waals surface area contributed by atoms with Crippen molar-refractivity contribution >= 4 is 5.91 Å². The quantitative estimate of drug-likeness (QED) is 0.831. The van der Waals surface area contributed by atoms with E-state index in [1.807, 2.05) is 24.9 Å². The number of rotatable bonds is 5. The molecular formula is C18H27NO3. The van der Waals surface area contributed by atoms with Crippen LogP contribution < -0.4 is 9.47 Å². The van der Waals surface area contributed by atoms with Crippen molar-refractivity contribution in [3.05, 3.63) is 23.8 Å². The first kappa shape index (κ1) is 16.7. The molecule has 0 unspecified atom stereocenters. The lowest BCUT2D eigenvalue weighted by molar-refractivity contribution is 0.0679. The summed E-state index contributed by atoms with van der Waals surface area (Å²) < 4.78 is 10.8. The first-order valence-corrected chi connectivity index (χ1v) is 8.14. The first-order valence-electron chi connectivity index (χ1n) is 8.14. The Balaban J connectivity index is 2.12. The van der Waals surface area contributed by atoms with Crippen molar-refractivity contribution in [1.82, 2.24) is 4.90 Å². The molecule has 1 fully saturated rings. The maximum atomic E-state index is 12.7. The molecule has 0 atom stereocenters. The number of hydrogen-bond donors (Lipinski definition) is 0. The molecule has 0 heterocycles. The Bertz CT molecular complexity index is 507. The fourth-order valence-electron chi connectivity index (χ4n) is 3.08. The van der Waals surface area contributed by atoms with Crippen LogP contribution in [0, 0.1) is 5.92 Å². The predicted molar refractivity (Wildman–Crippen MR) is 87.7 cm³/mol. The average Bonchev–Trinajstić information content (AvgIpc) is 2.54. The van der Waals surface area contributed by atoms with Crippen molar-refractivity contribution < 1.29 is 14.3 Å². The molecule has 4 heteroatoms. The summed E-state index contributed by atoms with van der Waals surface area (Å²) >= 11 is 0. The van der Waals surface area contributed by atoms with Gasteiger partial charge in [-0.1, -0.05) is 6.92 Å². The van der Waals surface area contributed by atoms with Crippen molar-refractivity contribution in [3.8, 4) is 11.5 Å². The van der Waals surface area contributed by atoms with Crippen molar-refractivity contribution in [2.75, 3.05) is 20.8 Å². The summed E-state index contributed by atoms with van der Waals surface area (Å²) in [4.78, 5) is 14.6. The normalized spacial score (nSPS) is 21.3. The molecule has 1 aliphatic carbocycles. The fourth-order valence-corrected chi connectivity index (χ4v) is 3.08. The van der Waals surface area contributed by atoms with Gasteiger partial charge in [0.25, 0.3) is 5.91 Å². The molecule has 122 valence electrons. The predicted octanol–water partition coefficient (Wildman–Crippen LogP) is 3.74. The monoisotopic (exact) mass is 305 g/mol. The Morgan fingerprint density at radius 3 is 2.50 bits per heavy atom. The highest BCUT2D eigenvalue weighted by atomic mass is 16.5. The van der Waals surface area contributed by atoms with Gasteiger partial charge in [0.15, 0.2) is 11.5 Å². The average molecular weight is 305 g/mol. The second-order valence-corrected chi connectivity index (χ2v) is 6.13. The van der Waals surface area contributed by atoms with Crippen LogP contribution in [0.3, 0.4) is 0 Å². The number of nitrogens with zero attached hydrogens (tertiary/aromatic N) is 1. The zero-order valence-electron chi connectivity index (χ0n) is 14.1. The van der Waals surface area contributed by atoms with Crippen LogP contribution in [-0.2, 0) is 0 Å². The van der Waals surface area contributed by atoms with Gasteiger partial charge in [0.05, 0.1) is 13.7 Å². The van der Waals surface area contributed by atoms with E-state index in [-0.39, 0.29) is 5.91 Å². The van der Waals surface area contributed by atoms with Crippen LogP contribution in [0.15, 0.2) is 18.2 Å². The Morgan fingerprint density at radius 1 is 1.23 bits per heavy atom. The van der Waals surface area contributed by atoms with Crippen LogP contribution in [0.4, 0.5) is 0 Å². The molecule has 0 aliphatic heterocycles. The van der Waals surface area contributed by atoms with E-state index < -0.39 is 0 Å². The maximum Gasteiger partial charge on any atom is 0.253 e. The summed E-state index contributed by atoms with van der Waals surface area (Å²) in [5.41, 5.74) is 0.658. The number of hydrogen-bond acceptors (Lipinski definition) is 3. The van der Waals surface area contributed by atoms with Crippen molar-refractivity contribution in [2.45, 2.75) is 45.6 Å². The van der Waals surface area contributed by atoms with Crippen LogP contribution in [0.25, 0.3) is 0 Å². The van der Waals surface area contributed by atoms with E-state index in [9.17, 15) is 4.79 Å². The van der Waals surface area contributed by atoms with E-state index in [0.29, 0.717) is 29.7 Å². The fraction of sp³-hybridized carbons (Fsp3) is 0.611. The molecule has 4 nitrogen and oxygen atoms in total. The second kappa shape index (κ2) is 7.52. The minimum Gasteiger partial charge on any atom is -0.493 e. The molecule has 0 spiro atoms. The molecule has 0 saturated heterocycles. The van der Waals surface area contributed by atoms with Crippen molar-refractivity contribution in [1.29, 1.82) is 0 Å². The smallest absolute Gasteiger partial charge is 0.253 e. The summed E-state index contributed by atoms with van der Waals surface area (Å²) in [7, 11) is 3.52. The lowest BCUT2D eigenvalue weighted by atomic mass is 9.86. The Morgan fingerprint density at radius 2 is 1.91 bits per heavy atom. The van der Waals surface area contributed by atoms with Crippen LogP contribution in [0.2, 0.25) is 0 Å². The third kappa shape index (κ3) is 3.73. The van der Waals surface area contributed by atoms with E-state index in [1.54, 1.807) is 19.2 Å². The third-order valence-corrected chi connectivity index (χ3v) is 4.56. The molecule has 0 bridgehead atoms. The number of benzene rings is 1. The summed E-state index contributed by atoms with van der Waals surface area (Å²) in [5.74, 6) is 2.13. The molecule has 0 aromatic heterocycles. The van der Waals surface area contributed by atoms with Crippen LogP contribution in [0.5, 0.6) is 11.5 Å². The number of carbonyl (C=O) groups excluding carboxylic acids is 1. The molecule has 1 amide bonds. The van der Waals surface area contributed by atoms with Gasteiger partial charge in [-0.15, -0.1) is 0 Å². The van der Waals surface area contributed by atoms with Crippen LogP contribution in [-0.4, -0.2) is 37.6 Å². The standard InChI is InChI=1S/C18H27NO3/c1-5-22-17-12-14(8-11-16(17)21-4)18(20)19(3)15-9-6-13(2)7-10-15/h8,11-13,15H,5-7,9-10H2,1-4H3. The summed E-state index contributed by atoms with van der Waals surface area (Å²) in [6, 6.07) is 5.74. The highest BCUT2D eigenvalue weighted by Crippen LogP contribution is 2.30. The van der Waals surface area contributed by atoms with E-state index in [4.69, 9.17) is 9.47 Å². The maximum absolute atomic E-state index is 12.7. The van der Waals surface area contributed by atoms with E-state index in [2.05, 4.69) is 6.92 Å². The summed E-state index contributed by atoms with van der Waals surface area (Å²) in [6.45, 7) is 4.75. The lowest BCUT2D eigenvalue weighted by Gasteiger charge is -2.33. The second-order valence-electron chi connectivity index (χ2n) is 6.13. The zero-order valence-corrected chi connectivity index (χ0v) is 14.1. The van der Waals surface area contributed by atoms with Crippen molar-refractivity contribution in [3.63, 3.8) is 0 Å². The number of carbonyl (C=O) groups is 1. The van der Waals surface area contributed by atoms with E-state index in [1.165, 1.54) is 12.8 Å². The Labute approximate surface area is 133 Å². The topological polar surface area (TPSA) is 38.8 Å². The molecule has 2 rings (SSSR count). The van der Waals surface area contributed by atoms with Gasteiger partial charge in [-0.05, 0) is 56.7 Å². The molecule has 1 aliphatic rings. The lowest BCUT2D eigenvalue weighted by Crippen LogP contribution is -2.39. The molecule has 0 N–H and O–H groups in total. The van der Waals surface area contributed by atoms with Gasteiger partial charge in [-0.3, -0.25) is 4.79 Å². The van der Waals surface area contributed by atoms with Crippen LogP contribution in [0.1, 0.15) is 49.9 Å². The molecule has 22 heavy (non-hydrogen) atoms. The minimum atomic E-state index is 0.0585. The molecule has 1 aromatic rings. The van der Waals surface area contributed by atoms with E-state index in [0.717, 1.165) is 18.8 Å². The number of amides is 1. The van der Waals surface area contributed by atoms with Gasteiger partial charge in [-0.25, -0.2) is 0 Å². The Kier molecular flexibility index (Phi) is 5.69. The molecule has 0 radical (unpaired) electrons. The van der Waals surface area contributed by atoms with Gasteiger partial charge in [-0.2, -0.15) is 0 Å². The first-order chi connectivity index (χ1) is 10.6. The minimum absolute atomic E-state index is 0.0585. The van der Waals surface area contributed by atoms with Gasteiger partial charge < -0.3 is 14.4 Å². The SMILES string of the molecule is CCOc1cc(C(=O)N(C)C2CCC(C)CC2)ccc1OC. The largest absolute Gasteiger partial charge is 0.493 e.